The summed E-state index contributed by atoms with van der Waals surface area (Å²) < 4.78 is 7.05. The molecule has 0 bridgehead atoms. The number of aliphatic imine (C=N–C) groups is 1. The molecule has 0 saturated heterocycles. The van der Waals surface area contributed by atoms with E-state index in [1.54, 1.807) is 14.2 Å². The Labute approximate surface area is 183 Å². The van der Waals surface area contributed by atoms with E-state index in [2.05, 4.69) is 31.0 Å². The summed E-state index contributed by atoms with van der Waals surface area (Å²) in [5.41, 5.74) is 0. The van der Waals surface area contributed by atoms with Crippen LogP contribution in [-0.2, 0) is 29.1 Å². The van der Waals surface area contributed by atoms with Gasteiger partial charge < -0.3 is 20.7 Å². The van der Waals surface area contributed by atoms with Crippen molar-refractivity contribution in [3.8, 4) is 0 Å². The number of carbonyl (C=O) groups excluding carboxylic acids is 1. The number of ether oxygens (including phenoxy) is 1. The molecule has 1 saturated carbocycles. The van der Waals surface area contributed by atoms with Crippen LogP contribution < -0.4 is 16.0 Å². The minimum absolute atomic E-state index is 0. The topological polar surface area (TPSA) is 105 Å². The molecule has 1 aliphatic heterocycles. The minimum Gasteiger partial charge on any atom is -0.377 e. The van der Waals surface area contributed by atoms with E-state index in [9.17, 15) is 4.79 Å². The van der Waals surface area contributed by atoms with Gasteiger partial charge in [-0.1, -0.05) is 12.8 Å². The SMILES string of the molecule is CN=C(NCCC(=O)NC1CCCC1)NC1CCc2nc(COC)nn2C1.I. The maximum atomic E-state index is 12.0. The highest BCUT2D eigenvalue weighted by atomic mass is 127. The molecular weight excluding hydrogens is 473 g/mol. The van der Waals surface area contributed by atoms with Crippen molar-refractivity contribution in [1.82, 2.24) is 30.7 Å². The van der Waals surface area contributed by atoms with Crippen LogP contribution in [0.3, 0.4) is 0 Å². The van der Waals surface area contributed by atoms with Crippen LogP contribution in [0.5, 0.6) is 0 Å². The Morgan fingerprint density at radius 1 is 1.25 bits per heavy atom. The van der Waals surface area contributed by atoms with Crippen LogP contribution in [0.2, 0.25) is 0 Å². The second-order valence-corrected chi connectivity index (χ2v) is 7.24. The Morgan fingerprint density at radius 2 is 2.04 bits per heavy atom. The maximum Gasteiger partial charge on any atom is 0.221 e. The van der Waals surface area contributed by atoms with Crippen LogP contribution >= 0.6 is 24.0 Å². The molecule has 10 heteroatoms. The van der Waals surface area contributed by atoms with E-state index in [4.69, 9.17) is 4.74 Å². The lowest BCUT2D eigenvalue weighted by Crippen LogP contribution is -2.47. The molecule has 0 spiro atoms. The van der Waals surface area contributed by atoms with Gasteiger partial charge in [0.25, 0.3) is 0 Å². The summed E-state index contributed by atoms with van der Waals surface area (Å²) in [5.74, 6) is 2.56. The number of methoxy groups -OCH3 is 1. The lowest BCUT2D eigenvalue weighted by molar-refractivity contribution is -0.121. The number of hydrogen-bond acceptors (Lipinski definition) is 5. The molecule has 0 radical (unpaired) electrons. The second kappa shape index (κ2) is 11.5. The first-order valence-corrected chi connectivity index (χ1v) is 9.86. The van der Waals surface area contributed by atoms with E-state index in [1.807, 2.05) is 4.68 Å². The maximum absolute atomic E-state index is 12.0. The molecule has 9 nitrogen and oxygen atoms in total. The summed E-state index contributed by atoms with van der Waals surface area (Å²) in [4.78, 5) is 20.8. The van der Waals surface area contributed by atoms with E-state index in [0.29, 0.717) is 31.6 Å². The monoisotopic (exact) mass is 505 g/mol. The molecule has 3 rings (SSSR count). The number of nitrogens with zero attached hydrogens (tertiary/aromatic N) is 4. The molecule has 1 aromatic rings. The number of halogens is 1. The fourth-order valence-corrected chi connectivity index (χ4v) is 3.72. The molecule has 1 unspecified atom stereocenters. The first kappa shape index (κ1) is 22.9. The van der Waals surface area contributed by atoms with Crippen molar-refractivity contribution in [1.29, 1.82) is 0 Å². The normalized spacial score (nSPS) is 19.6. The van der Waals surface area contributed by atoms with Gasteiger partial charge in [-0.15, -0.1) is 24.0 Å². The summed E-state index contributed by atoms with van der Waals surface area (Å²) in [5, 5.41) is 14.2. The molecule has 2 heterocycles. The smallest absolute Gasteiger partial charge is 0.221 e. The molecule has 1 atom stereocenters. The summed E-state index contributed by atoms with van der Waals surface area (Å²) in [7, 11) is 3.39. The fourth-order valence-electron chi connectivity index (χ4n) is 3.72. The van der Waals surface area contributed by atoms with Gasteiger partial charge in [0, 0.05) is 45.6 Å². The van der Waals surface area contributed by atoms with Crippen molar-refractivity contribution >= 4 is 35.8 Å². The van der Waals surface area contributed by atoms with Gasteiger partial charge in [0.15, 0.2) is 11.8 Å². The molecule has 1 aliphatic carbocycles. The van der Waals surface area contributed by atoms with E-state index >= 15 is 0 Å². The molecule has 28 heavy (non-hydrogen) atoms. The third-order valence-corrected chi connectivity index (χ3v) is 5.10. The number of hydrogen-bond donors (Lipinski definition) is 3. The highest BCUT2D eigenvalue weighted by molar-refractivity contribution is 14.0. The number of fused-ring (bicyclic) bond motifs is 1. The zero-order valence-corrected chi connectivity index (χ0v) is 19.1. The Hall–Kier alpha value is -1.43. The predicted molar refractivity (Wildman–Crippen MR) is 118 cm³/mol. The summed E-state index contributed by atoms with van der Waals surface area (Å²) in [6.45, 7) is 1.75. The number of carbonyl (C=O) groups is 1. The summed E-state index contributed by atoms with van der Waals surface area (Å²) in [6, 6.07) is 0.602. The number of rotatable bonds is 7. The van der Waals surface area contributed by atoms with Gasteiger partial charge >= 0.3 is 0 Å². The fraction of sp³-hybridized carbons (Fsp3) is 0.778. The average Bonchev–Trinajstić information content (AvgIpc) is 3.30. The predicted octanol–water partition coefficient (Wildman–Crippen LogP) is 0.971. The summed E-state index contributed by atoms with van der Waals surface area (Å²) >= 11 is 0. The van der Waals surface area contributed by atoms with Crippen LogP contribution in [-0.4, -0.2) is 59.4 Å². The van der Waals surface area contributed by atoms with E-state index in [1.165, 1.54) is 12.8 Å². The minimum atomic E-state index is 0. The number of aromatic nitrogens is 3. The third-order valence-electron chi connectivity index (χ3n) is 5.10. The van der Waals surface area contributed by atoms with Gasteiger partial charge in [-0.2, -0.15) is 5.10 Å². The standard InChI is InChI=1S/C18H31N7O2.HI/c1-19-18(20-10-9-17(26)21-13-5-3-4-6-13)22-14-7-8-16-23-15(12-27-2)24-25(16)11-14;/h13-14H,3-12H2,1-2H3,(H,21,26)(H2,19,20,22);1H. The van der Waals surface area contributed by atoms with Crippen molar-refractivity contribution in [3.05, 3.63) is 11.6 Å². The molecule has 1 amide bonds. The number of guanidine groups is 1. The van der Waals surface area contributed by atoms with Gasteiger partial charge in [0.2, 0.25) is 5.91 Å². The Bertz CT molecular complexity index is 658. The van der Waals surface area contributed by atoms with Crippen molar-refractivity contribution in [2.45, 2.75) is 70.2 Å². The molecular formula is C18H32IN7O2. The van der Waals surface area contributed by atoms with Crippen LogP contribution in [0.4, 0.5) is 0 Å². The molecule has 1 aromatic heterocycles. The molecule has 158 valence electrons. The van der Waals surface area contributed by atoms with Crippen LogP contribution in [0.15, 0.2) is 4.99 Å². The van der Waals surface area contributed by atoms with Gasteiger partial charge in [-0.05, 0) is 19.3 Å². The highest BCUT2D eigenvalue weighted by Crippen LogP contribution is 2.17. The van der Waals surface area contributed by atoms with Crippen LogP contribution in [0, 0.1) is 0 Å². The van der Waals surface area contributed by atoms with Crippen molar-refractivity contribution < 1.29 is 9.53 Å². The highest BCUT2D eigenvalue weighted by Gasteiger charge is 2.22. The van der Waals surface area contributed by atoms with Gasteiger partial charge in [-0.3, -0.25) is 9.79 Å². The molecule has 3 N–H and O–H groups in total. The largest absolute Gasteiger partial charge is 0.377 e. The van der Waals surface area contributed by atoms with E-state index < -0.39 is 0 Å². The molecule has 0 aromatic carbocycles. The van der Waals surface area contributed by atoms with Crippen molar-refractivity contribution in [3.63, 3.8) is 0 Å². The first-order valence-electron chi connectivity index (χ1n) is 9.86. The van der Waals surface area contributed by atoms with E-state index in [0.717, 1.165) is 43.9 Å². The van der Waals surface area contributed by atoms with Gasteiger partial charge in [0.05, 0.1) is 6.54 Å². The molecule has 2 aliphatic rings. The lowest BCUT2D eigenvalue weighted by atomic mass is 10.1. The zero-order valence-electron chi connectivity index (χ0n) is 16.7. The second-order valence-electron chi connectivity index (χ2n) is 7.24. The van der Waals surface area contributed by atoms with Gasteiger partial charge in [0.1, 0.15) is 12.4 Å². The Kier molecular flexibility index (Phi) is 9.42. The lowest BCUT2D eigenvalue weighted by Gasteiger charge is -2.25. The number of amides is 1. The molecule has 1 fully saturated rings. The third kappa shape index (κ3) is 6.57. The number of nitrogens with one attached hydrogen (secondary N) is 3. The van der Waals surface area contributed by atoms with E-state index in [-0.39, 0.29) is 35.9 Å². The van der Waals surface area contributed by atoms with Crippen molar-refractivity contribution in [2.75, 3.05) is 20.7 Å². The Morgan fingerprint density at radius 3 is 2.75 bits per heavy atom. The summed E-state index contributed by atoms with van der Waals surface area (Å²) in [6.07, 6.45) is 6.96. The number of aryl methyl sites for hydroxylation is 1. The van der Waals surface area contributed by atoms with Crippen molar-refractivity contribution in [2.24, 2.45) is 4.99 Å². The average molecular weight is 505 g/mol. The van der Waals surface area contributed by atoms with Crippen LogP contribution in [0.25, 0.3) is 0 Å². The first-order chi connectivity index (χ1) is 13.2. The van der Waals surface area contributed by atoms with Gasteiger partial charge in [-0.25, -0.2) is 9.67 Å². The Balaban J connectivity index is 0.00000280. The zero-order chi connectivity index (χ0) is 19.1. The van der Waals surface area contributed by atoms with Crippen LogP contribution in [0.1, 0.15) is 50.2 Å². The quantitative estimate of drug-likeness (QED) is 0.290.